The van der Waals surface area contributed by atoms with E-state index in [2.05, 4.69) is 35.7 Å². The van der Waals surface area contributed by atoms with Crippen LogP contribution >= 0.6 is 0 Å². The molecule has 3 aromatic carbocycles. The van der Waals surface area contributed by atoms with Crippen LogP contribution in [0, 0.1) is 0 Å². The van der Waals surface area contributed by atoms with E-state index in [1.807, 2.05) is 24.3 Å². The second-order valence-corrected chi connectivity index (χ2v) is 10.1. The van der Waals surface area contributed by atoms with Crippen molar-refractivity contribution in [2.75, 3.05) is 34.7 Å². The molecule has 0 atom stereocenters. The van der Waals surface area contributed by atoms with Crippen molar-refractivity contribution in [1.29, 1.82) is 0 Å². The first-order valence-electron chi connectivity index (χ1n) is 11.5. The van der Waals surface area contributed by atoms with Crippen molar-refractivity contribution in [3.05, 3.63) is 72.3 Å². The summed E-state index contributed by atoms with van der Waals surface area (Å²) in [6.07, 6.45) is 0. The van der Waals surface area contributed by atoms with Crippen molar-refractivity contribution < 1.29 is 22.7 Å². The van der Waals surface area contributed by atoms with Crippen LogP contribution in [-0.4, -0.2) is 40.1 Å². The number of carbonyl (C=O) groups is 1. The van der Waals surface area contributed by atoms with Crippen LogP contribution in [0.1, 0.15) is 31.1 Å². The SMILES string of the molecule is CCN(c1ccc(NC(=O)c2ccc(NS(=O)(=O)c3ccc4c(c3)OCCO4)cc2)cc1)C(C)C. The molecular weight excluding hydrogens is 466 g/mol. The molecule has 1 aliphatic heterocycles. The molecule has 3 aromatic rings. The van der Waals surface area contributed by atoms with Crippen molar-refractivity contribution in [2.45, 2.75) is 31.7 Å². The van der Waals surface area contributed by atoms with E-state index in [4.69, 9.17) is 9.47 Å². The minimum absolute atomic E-state index is 0.0612. The van der Waals surface area contributed by atoms with Crippen molar-refractivity contribution >= 4 is 33.0 Å². The molecule has 1 heterocycles. The topological polar surface area (TPSA) is 97.0 Å². The molecule has 0 saturated heterocycles. The minimum Gasteiger partial charge on any atom is -0.486 e. The minimum atomic E-state index is -3.84. The normalized spacial score (nSPS) is 12.8. The van der Waals surface area contributed by atoms with Gasteiger partial charge in [0, 0.05) is 41.3 Å². The number of rotatable bonds is 8. The quantitative estimate of drug-likeness (QED) is 0.468. The number of hydrogen-bond acceptors (Lipinski definition) is 6. The number of nitrogens with one attached hydrogen (secondary N) is 2. The highest BCUT2D eigenvalue weighted by molar-refractivity contribution is 7.92. The van der Waals surface area contributed by atoms with E-state index in [9.17, 15) is 13.2 Å². The van der Waals surface area contributed by atoms with Gasteiger partial charge in [-0.2, -0.15) is 0 Å². The van der Waals surface area contributed by atoms with E-state index >= 15 is 0 Å². The van der Waals surface area contributed by atoms with Crippen LogP contribution in [0.25, 0.3) is 0 Å². The molecule has 4 rings (SSSR count). The van der Waals surface area contributed by atoms with Gasteiger partial charge in [0.15, 0.2) is 11.5 Å². The summed E-state index contributed by atoms with van der Waals surface area (Å²) in [7, 11) is -3.84. The van der Waals surface area contributed by atoms with Crippen LogP contribution in [-0.2, 0) is 10.0 Å². The van der Waals surface area contributed by atoms with Gasteiger partial charge in [-0.05, 0) is 81.4 Å². The van der Waals surface area contributed by atoms with Gasteiger partial charge in [-0.25, -0.2) is 8.42 Å². The highest BCUT2D eigenvalue weighted by Gasteiger charge is 2.20. The monoisotopic (exact) mass is 495 g/mol. The molecule has 9 heteroatoms. The van der Waals surface area contributed by atoms with Gasteiger partial charge >= 0.3 is 0 Å². The van der Waals surface area contributed by atoms with Crippen molar-refractivity contribution in [3.8, 4) is 11.5 Å². The second kappa shape index (κ2) is 10.3. The highest BCUT2D eigenvalue weighted by Crippen LogP contribution is 2.32. The first-order valence-corrected chi connectivity index (χ1v) is 13.0. The third kappa shape index (κ3) is 5.68. The number of anilines is 3. The lowest BCUT2D eigenvalue weighted by molar-refractivity contribution is 0.102. The summed E-state index contributed by atoms with van der Waals surface area (Å²) in [4.78, 5) is 15.0. The molecule has 1 amide bonds. The molecule has 184 valence electrons. The van der Waals surface area contributed by atoms with Gasteiger partial charge in [0.1, 0.15) is 13.2 Å². The highest BCUT2D eigenvalue weighted by atomic mass is 32.2. The molecule has 1 aliphatic rings. The maximum absolute atomic E-state index is 12.8. The van der Waals surface area contributed by atoms with E-state index < -0.39 is 10.0 Å². The van der Waals surface area contributed by atoms with E-state index in [0.717, 1.165) is 12.2 Å². The summed E-state index contributed by atoms with van der Waals surface area (Å²) >= 11 is 0. The lowest BCUT2D eigenvalue weighted by Crippen LogP contribution is -2.30. The van der Waals surface area contributed by atoms with Crippen LogP contribution in [0.15, 0.2) is 71.6 Å². The number of carbonyl (C=O) groups excluding carboxylic acids is 1. The first-order chi connectivity index (χ1) is 16.8. The molecule has 0 radical (unpaired) electrons. The number of hydrogen-bond donors (Lipinski definition) is 2. The maximum atomic E-state index is 12.8. The Hall–Kier alpha value is -3.72. The number of benzene rings is 3. The molecule has 0 saturated carbocycles. The van der Waals surface area contributed by atoms with Gasteiger partial charge in [0.05, 0.1) is 4.90 Å². The predicted octanol–water partition coefficient (Wildman–Crippen LogP) is 4.75. The molecule has 2 N–H and O–H groups in total. The molecule has 0 fully saturated rings. The fourth-order valence-corrected chi connectivity index (χ4v) is 4.95. The number of nitrogens with zero attached hydrogens (tertiary/aromatic N) is 1. The number of amides is 1. The van der Waals surface area contributed by atoms with Crippen molar-refractivity contribution in [3.63, 3.8) is 0 Å². The number of fused-ring (bicyclic) bond motifs is 1. The fraction of sp³-hybridized carbons (Fsp3) is 0.269. The standard InChI is InChI=1S/C26H29N3O5S/c1-4-29(18(2)3)22-11-9-20(10-12-22)27-26(30)19-5-7-21(8-6-19)28-35(31,32)23-13-14-24-25(17-23)34-16-15-33-24/h5-14,17-18,28H,4,15-16H2,1-3H3,(H,27,30). The summed E-state index contributed by atoms with van der Waals surface area (Å²) in [5.41, 5.74) is 2.53. The van der Waals surface area contributed by atoms with Crippen molar-refractivity contribution in [2.24, 2.45) is 0 Å². The average molecular weight is 496 g/mol. The maximum Gasteiger partial charge on any atom is 0.262 e. The smallest absolute Gasteiger partial charge is 0.262 e. The van der Waals surface area contributed by atoms with Gasteiger partial charge in [0.2, 0.25) is 0 Å². The Labute approximate surface area is 205 Å². The lowest BCUT2D eigenvalue weighted by atomic mass is 10.2. The zero-order chi connectivity index (χ0) is 25.0. The largest absolute Gasteiger partial charge is 0.486 e. The summed E-state index contributed by atoms with van der Waals surface area (Å²) in [5, 5.41) is 2.87. The molecule has 8 nitrogen and oxygen atoms in total. The molecule has 0 aromatic heterocycles. The Balaban J connectivity index is 1.41. The summed E-state index contributed by atoms with van der Waals surface area (Å²) in [5.74, 6) is 0.629. The zero-order valence-electron chi connectivity index (χ0n) is 19.9. The molecule has 0 unspecified atom stereocenters. The molecule has 0 bridgehead atoms. The summed E-state index contributed by atoms with van der Waals surface area (Å²) < 4.78 is 39.0. The Kier molecular flexibility index (Phi) is 7.16. The Morgan fingerprint density at radius 3 is 2.17 bits per heavy atom. The summed E-state index contributed by atoms with van der Waals surface area (Å²) in [6.45, 7) is 8.08. The molecule has 0 aliphatic carbocycles. The van der Waals surface area contributed by atoms with Crippen LogP contribution in [0.5, 0.6) is 11.5 Å². The van der Waals surface area contributed by atoms with Gasteiger partial charge in [0.25, 0.3) is 15.9 Å². The van der Waals surface area contributed by atoms with E-state index in [0.29, 0.717) is 47.7 Å². The Morgan fingerprint density at radius 2 is 1.54 bits per heavy atom. The van der Waals surface area contributed by atoms with Crippen LogP contribution in [0.3, 0.4) is 0 Å². The number of sulfonamides is 1. The van der Waals surface area contributed by atoms with Gasteiger partial charge in [-0.1, -0.05) is 0 Å². The Bertz CT molecular complexity index is 1290. The van der Waals surface area contributed by atoms with Gasteiger partial charge in [-0.15, -0.1) is 0 Å². The lowest BCUT2D eigenvalue weighted by Gasteiger charge is -2.27. The second-order valence-electron chi connectivity index (χ2n) is 8.37. The van der Waals surface area contributed by atoms with Gasteiger partial charge in [-0.3, -0.25) is 9.52 Å². The predicted molar refractivity (Wildman–Crippen MR) is 137 cm³/mol. The van der Waals surface area contributed by atoms with Crippen LogP contribution in [0.4, 0.5) is 17.1 Å². The van der Waals surface area contributed by atoms with E-state index in [1.165, 1.54) is 12.1 Å². The third-order valence-corrected chi connectivity index (χ3v) is 7.02. The molecule has 35 heavy (non-hydrogen) atoms. The fourth-order valence-electron chi connectivity index (χ4n) is 3.88. The Morgan fingerprint density at radius 1 is 0.914 bits per heavy atom. The van der Waals surface area contributed by atoms with E-state index in [1.54, 1.807) is 30.3 Å². The van der Waals surface area contributed by atoms with Crippen LogP contribution in [0.2, 0.25) is 0 Å². The van der Waals surface area contributed by atoms with Crippen LogP contribution < -0.4 is 24.4 Å². The molecule has 0 spiro atoms. The first kappa shape index (κ1) is 24.4. The number of ether oxygens (including phenoxy) is 2. The summed E-state index contributed by atoms with van der Waals surface area (Å²) in [6, 6.07) is 18.8. The zero-order valence-corrected chi connectivity index (χ0v) is 20.8. The average Bonchev–Trinajstić information content (AvgIpc) is 2.85. The van der Waals surface area contributed by atoms with Gasteiger partial charge < -0.3 is 19.7 Å². The third-order valence-electron chi connectivity index (χ3n) is 5.64. The van der Waals surface area contributed by atoms with E-state index in [-0.39, 0.29) is 10.8 Å². The molecular formula is C26H29N3O5S. The van der Waals surface area contributed by atoms with Crippen molar-refractivity contribution in [1.82, 2.24) is 0 Å².